The van der Waals surface area contributed by atoms with Crippen molar-refractivity contribution in [2.45, 2.75) is 123 Å². The lowest BCUT2D eigenvalue weighted by Gasteiger charge is -2.38. The number of benzene rings is 3. The Hall–Kier alpha value is -3.05. The highest BCUT2D eigenvalue weighted by molar-refractivity contribution is 6.91. The monoisotopic (exact) mass is 640 g/mol. The third-order valence-electron chi connectivity index (χ3n) is 11.8. The molecule has 3 aromatic carbocycles. The molecule has 0 saturated carbocycles. The first kappa shape index (κ1) is 34.3. The number of hydrogen-bond acceptors (Lipinski definition) is 0. The van der Waals surface area contributed by atoms with Gasteiger partial charge in [-0.15, -0.1) is 11.1 Å². The summed E-state index contributed by atoms with van der Waals surface area (Å²) in [5.41, 5.74) is 18.4. The normalized spacial score (nSPS) is 16.3. The summed E-state index contributed by atoms with van der Waals surface area (Å²) in [6, 6.07) is 13.7. The van der Waals surface area contributed by atoms with E-state index in [9.17, 15) is 0 Å². The molecule has 3 aromatic rings. The van der Waals surface area contributed by atoms with E-state index in [0.717, 1.165) is 6.42 Å². The Bertz CT molecular complexity index is 1810. The molecule has 2 aliphatic rings. The van der Waals surface area contributed by atoms with Gasteiger partial charge in [0.15, 0.2) is 0 Å². The fourth-order valence-corrected chi connectivity index (χ4v) is 19.8. The van der Waals surface area contributed by atoms with Gasteiger partial charge in [-0.05, 0) is 96.1 Å². The van der Waals surface area contributed by atoms with Crippen LogP contribution in [-0.4, -0.2) is 16.1 Å². The Morgan fingerprint density at radius 3 is 1.54 bits per heavy atom. The molecule has 0 saturated heterocycles. The number of hydrogen-bond donors (Lipinski definition) is 0. The van der Waals surface area contributed by atoms with Crippen LogP contribution in [0.5, 0.6) is 0 Å². The predicted octanol–water partition coefficient (Wildman–Crippen LogP) is 12.8. The number of fused-ring (bicyclic) bond motifs is 4. The molecule has 0 spiro atoms. The molecule has 0 radical (unpaired) electrons. The van der Waals surface area contributed by atoms with Gasteiger partial charge in [-0.1, -0.05) is 143 Å². The van der Waals surface area contributed by atoms with Crippen LogP contribution in [0.1, 0.15) is 105 Å². The molecule has 0 heterocycles. The van der Waals surface area contributed by atoms with Gasteiger partial charge in [-0.3, -0.25) is 0 Å². The first-order chi connectivity index (χ1) is 21.7. The average molecular weight is 641 g/mol. The van der Waals surface area contributed by atoms with E-state index < -0.39 is 16.1 Å². The molecule has 2 aliphatic carbocycles. The Kier molecular flexibility index (Phi) is 9.86. The van der Waals surface area contributed by atoms with Crippen molar-refractivity contribution in [2.24, 2.45) is 5.92 Å². The lowest BCUT2D eigenvalue weighted by Crippen LogP contribution is -2.43. The fraction of sp³-hybridized carbons (Fsp3) is 0.455. The van der Waals surface area contributed by atoms with Crippen molar-refractivity contribution in [2.75, 3.05) is 0 Å². The summed E-state index contributed by atoms with van der Waals surface area (Å²) in [6.45, 7) is 29.0. The van der Waals surface area contributed by atoms with Crippen molar-refractivity contribution >= 4 is 43.8 Å². The molecule has 5 rings (SSSR count). The lowest BCUT2D eigenvalue weighted by atomic mass is 9.76. The summed E-state index contributed by atoms with van der Waals surface area (Å²) in [5, 5.41) is 5.10. The van der Waals surface area contributed by atoms with Crippen LogP contribution in [0.25, 0.3) is 27.6 Å². The molecule has 0 fully saturated rings. The second kappa shape index (κ2) is 13.2. The maximum Gasteiger partial charge on any atom is 0.146 e. The average Bonchev–Trinajstić information content (AvgIpc) is 2.99. The second-order valence-corrected chi connectivity index (χ2v) is 27.0. The third-order valence-corrected chi connectivity index (χ3v) is 24.3. The second-order valence-electron chi connectivity index (χ2n) is 15.9. The first-order valence-corrected chi connectivity index (χ1v) is 22.4. The molecule has 0 N–H and O–H groups in total. The van der Waals surface area contributed by atoms with Crippen molar-refractivity contribution in [3.8, 4) is 22.9 Å². The van der Waals surface area contributed by atoms with Crippen molar-refractivity contribution in [3.05, 3.63) is 88.5 Å². The smallest absolute Gasteiger partial charge is 0.125 e. The summed E-state index contributed by atoms with van der Waals surface area (Å²) in [6.07, 6.45) is 12.5. The van der Waals surface area contributed by atoms with E-state index in [1.807, 2.05) is 0 Å². The van der Waals surface area contributed by atoms with Crippen LogP contribution in [0.3, 0.4) is 0 Å². The summed E-state index contributed by atoms with van der Waals surface area (Å²) in [5.74, 6) is 8.40. The minimum absolute atomic E-state index is 0.384. The largest absolute Gasteiger partial charge is 0.146 e. The standard InChI is InChI=1S/C44H56Si2/c1-29(2)45(30(3)4,31(5)6)23-21-39-41-25-35-17-13-15-19-37(35)27-43(41)40(22-24-46(32(7)8,33(9)10)34(11)12)44-28-38-20-16-14-18-36(38)26-42(39)44/h13-20,25-27,29-34,38H,28H2,1-12H3. The van der Waals surface area contributed by atoms with Crippen LogP contribution < -0.4 is 0 Å². The van der Waals surface area contributed by atoms with Crippen LogP contribution >= 0.6 is 0 Å². The lowest BCUT2D eigenvalue weighted by molar-refractivity contribution is 0.758. The number of allylic oxidation sites excluding steroid dienone is 5. The van der Waals surface area contributed by atoms with Gasteiger partial charge in [0.2, 0.25) is 0 Å². The third kappa shape index (κ3) is 5.72. The fourth-order valence-electron chi connectivity index (χ4n) is 9.43. The molecular formula is C44H56Si2. The van der Waals surface area contributed by atoms with Crippen LogP contribution in [0.15, 0.2) is 66.3 Å². The van der Waals surface area contributed by atoms with Crippen molar-refractivity contribution in [1.29, 1.82) is 0 Å². The quantitative estimate of drug-likeness (QED) is 0.143. The molecule has 2 heteroatoms. The maximum absolute atomic E-state index is 4.14. The van der Waals surface area contributed by atoms with Crippen molar-refractivity contribution in [1.82, 2.24) is 0 Å². The van der Waals surface area contributed by atoms with Crippen LogP contribution in [0, 0.1) is 28.8 Å². The van der Waals surface area contributed by atoms with Gasteiger partial charge in [0.05, 0.1) is 0 Å². The van der Waals surface area contributed by atoms with Gasteiger partial charge in [0.1, 0.15) is 16.1 Å². The summed E-state index contributed by atoms with van der Waals surface area (Å²) >= 11 is 0. The van der Waals surface area contributed by atoms with Gasteiger partial charge in [0.25, 0.3) is 0 Å². The number of rotatable bonds is 6. The zero-order valence-electron chi connectivity index (χ0n) is 30.6. The highest BCUT2D eigenvalue weighted by Gasteiger charge is 2.43. The van der Waals surface area contributed by atoms with Gasteiger partial charge >= 0.3 is 0 Å². The van der Waals surface area contributed by atoms with Gasteiger partial charge in [-0.2, -0.15) is 0 Å². The van der Waals surface area contributed by atoms with Gasteiger partial charge in [0, 0.05) is 17.0 Å². The zero-order chi connectivity index (χ0) is 33.6. The molecule has 0 amide bonds. The van der Waals surface area contributed by atoms with Crippen LogP contribution in [0.4, 0.5) is 0 Å². The SMILES string of the molecule is CC(C)[Si](C#Cc1c2c(c(C#C[Si](C(C)C)(C(C)C)C(C)C)c3cc4ccccc4cc13)CC1C=CC=CC1=C2)(C(C)C)C(C)C. The van der Waals surface area contributed by atoms with Gasteiger partial charge in [-0.25, -0.2) is 0 Å². The van der Waals surface area contributed by atoms with Crippen molar-refractivity contribution in [3.63, 3.8) is 0 Å². The van der Waals surface area contributed by atoms with E-state index in [2.05, 4.69) is 173 Å². The van der Waals surface area contributed by atoms with Crippen LogP contribution in [0.2, 0.25) is 33.2 Å². The van der Waals surface area contributed by atoms with E-state index >= 15 is 0 Å². The van der Waals surface area contributed by atoms with E-state index in [1.165, 1.54) is 49.4 Å². The van der Waals surface area contributed by atoms with Gasteiger partial charge < -0.3 is 0 Å². The molecule has 1 unspecified atom stereocenters. The molecule has 46 heavy (non-hydrogen) atoms. The molecule has 0 aromatic heterocycles. The molecule has 0 nitrogen and oxygen atoms in total. The molecule has 0 aliphatic heterocycles. The molecular weight excluding hydrogens is 585 g/mol. The Labute approximate surface area is 282 Å². The minimum atomic E-state index is -1.95. The zero-order valence-corrected chi connectivity index (χ0v) is 32.6. The Balaban J connectivity index is 1.96. The Morgan fingerprint density at radius 1 is 0.609 bits per heavy atom. The van der Waals surface area contributed by atoms with E-state index in [-0.39, 0.29) is 0 Å². The topological polar surface area (TPSA) is 0 Å². The Morgan fingerprint density at radius 2 is 1.07 bits per heavy atom. The summed E-state index contributed by atoms with van der Waals surface area (Å²) < 4.78 is 0. The molecule has 240 valence electrons. The molecule has 0 bridgehead atoms. The molecule has 1 atom stereocenters. The predicted molar refractivity (Wildman–Crippen MR) is 211 cm³/mol. The highest BCUT2D eigenvalue weighted by Crippen LogP contribution is 2.45. The van der Waals surface area contributed by atoms with E-state index in [4.69, 9.17) is 0 Å². The van der Waals surface area contributed by atoms with E-state index in [1.54, 1.807) is 0 Å². The minimum Gasteiger partial charge on any atom is -0.125 e. The van der Waals surface area contributed by atoms with E-state index in [0.29, 0.717) is 39.2 Å². The summed E-state index contributed by atoms with van der Waals surface area (Å²) in [4.78, 5) is 0. The summed E-state index contributed by atoms with van der Waals surface area (Å²) in [7, 11) is -3.90. The highest BCUT2D eigenvalue weighted by atomic mass is 28.3. The van der Waals surface area contributed by atoms with Crippen LogP contribution in [-0.2, 0) is 6.42 Å². The maximum atomic E-state index is 4.14. The first-order valence-electron chi connectivity index (χ1n) is 17.9. The van der Waals surface area contributed by atoms with Crippen molar-refractivity contribution < 1.29 is 0 Å².